The van der Waals surface area contributed by atoms with E-state index < -0.39 is 9.90 Å². The lowest BCUT2D eigenvalue weighted by molar-refractivity contribution is 0.129. The molecule has 1 nitrogen and oxygen atoms in total. The van der Waals surface area contributed by atoms with Gasteiger partial charge in [0, 0.05) is 0 Å². The van der Waals surface area contributed by atoms with Gasteiger partial charge in [0.2, 0.25) is 3.79 Å². The van der Waals surface area contributed by atoms with Crippen molar-refractivity contribution < 1.29 is 5.11 Å². The van der Waals surface area contributed by atoms with Crippen LogP contribution in [-0.2, 0) is 0 Å². The first kappa shape index (κ1) is 9.83. The van der Waals surface area contributed by atoms with Crippen molar-refractivity contribution in [2.24, 2.45) is 5.92 Å². The van der Waals surface area contributed by atoms with Crippen LogP contribution in [0.25, 0.3) is 0 Å². The third kappa shape index (κ3) is 3.51. The van der Waals surface area contributed by atoms with Gasteiger partial charge in [-0.15, -0.1) is 0 Å². The van der Waals surface area contributed by atoms with Gasteiger partial charge in [0.1, 0.15) is 6.10 Å². The number of halogens is 3. The summed E-state index contributed by atoms with van der Waals surface area (Å²) in [6.45, 7) is 3.57. The zero-order valence-electron chi connectivity index (χ0n) is 5.24. The van der Waals surface area contributed by atoms with Crippen LogP contribution in [0.2, 0.25) is 0 Å². The first-order valence-electron chi connectivity index (χ1n) is 2.60. The number of alkyl halides is 3. The number of hydrogen-bond acceptors (Lipinski definition) is 1. The average Bonchev–Trinajstić information content (AvgIpc) is 1.62. The van der Waals surface area contributed by atoms with Crippen molar-refractivity contribution in [2.45, 2.75) is 23.7 Å². The molecular weight excluding hydrogens is 182 g/mol. The first-order valence-corrected chi connectivity index (χ1v) is 3.74. The summed E-state index contributed by atoms with van der Waals surface area (Å²) >= 11 is 16.1. The number of aliphatic hydroxyl groups excluding tert-OH is 1. The second-order valence-corrected chi connectivity index (χ2v) is 4.60. The van der Waals surface area contributed by atoms with Crippen molar-refractivity contribution in [3.63, 3.8) is 0 Å². The summed E-state index contributed by atoms with van der Waals surface area (Å²) in [5.74, 6) is -0.0301. The van der Waals surface area contributed by atoms with Gasteiger partial charge in [-0.05, 0) is 5.92 Å². The molecule has 0 unspecified atom stereocenters. The Hall–Kier alpha value is 0.830. The largest absolute Gasteiger partial charge is 0.388 e. The molecule has 0 aliphatic carbocycles. The van der Waals surface area contributed by atoms with E-state index in [0.29, 0.717) is 0 Å². The molecule has 0 heterocycles. The van der Waals surface area contributed by atoms with Gasteiger partial charge in [-0.25, -0.2) is 0 Å². The van der Waals surface area contributed by atoms with Crippen LogP contribution in [0.4, 0.5) is 0 Å². The molecule has 0 aromatic carbocycles. The predicted octanol–water partition coefficient (Wildman–Crippen LogP) is 2.37. The second-order valence-electron chi connectivity index (χ2n) is 2.23. The summed E-state index contributed by atoms with van der Waals surface area (Å²) in [4.78, 5) is 0. The zero-order valence-corrected chi connectivity index (χ0v) is 7.50. The minimum Gasteiger partial charge on any atom is -0.388 e. The lowest BCUT2D eigenvalue weighted by atomic mass is 10.1. The lowest BCUT2D eigenvalue weighted by Crippen LogP contribution is -2.30. The number of aliphatic hydroxyl groups is 1. The van der Waals surface area contributed by atoms with E-state index in [-0.39, 0.29) is 5.92 Å². The molecule has 0 radical (unpaired) electrons. The van der Waals surface area contributed by atoms with Gasteiger partial charge in [0.15, 0.2) is 0 Å². The van der Waals surface area contributed by atoms with E-state index in [2.05, 4.69) is 0 Å². The minimum atomic E-state index is -1.55. The van der Waals surface area contributed by atoms with Gasteiger partial charge in [-0.3, -0.25) is 0 Å². The van der Waals surface area contributed by atoms with Gasteiger partial charge in [0.05, 0.1) is 0 Å². The molecule has 0 fully saturated rings. The van der Waals surface area contributed by atoms with Gasteiger partial charge >= 0.3 is 0 Å². The quantitative estimate of drug-likeness (QED) is 0.631. The van der Waals surface area contributed by atoms with Gasteiger partial charge in [-0.2, -0.15) is 0 Å². The van der Waals surface area contributed by atoms with Crippen molar-refractivity contribution in [2.75, 3.05) is 0 Å². The highest BCUT2D eigenvalue weighted by Crippen LogP contribution is 2.33. The summed E-state index contributed by atoms with van der Waals surface area (Å²) in [5, 5.41) is 9.07. The van der Waals surface area contributed by atoms with E-state index in [1.54, 1.807) is 13.8 Å². The Morgan fingerprint density at radius 2 is 1.56 bits per heavy atom. The Balaban J connectivity index is 3.88. The summed E-state index contributed by atoms with van der Waals surface area (Å²) in [5.41, 5.74) is 0. The highest BCUT2D eigenvalue weighted by Gasteiger charge is 2.32. The normalized spacial score (nSPS) is 16.3. The highest BCUT2D eigenvalue weighted by atomic mass is 35.6. The van der Waals surface area contributed by atoms with E-state index in [1.807, 2.05) is 0 Å². The molecule has 0 aliphatic heterocycles. The maximum absolute atomic E-state index is 9.07. The molecule has 0 aromatic rings. The summed E-state index contributed by atoms with van der Waals surface area (Å²) in [7, 11) is 0. The second kappa shape index (κ2) is 3.29. The molecule has 0 saturated carbocycles. The maximum atomic E-state index is 9.07. The van der Waals surface area contributed by atoms with Gasteiger partial charge in [-0.1, -0.05) is 48.7 Å². The Labute approximate surface area is 69.9 Å². The Kier molecular flexibility index (Phi) is 3.59. The third-order valence-electron chi connectivity index (χ3n) is 0.967. The monoisotopic (exact) mass is 190 g/mol. The van der Waals surface area contributed by atoms with E-state index in [1.165, 1.54) is 0 Å². The first-order chi connectivity index (χ1) is 3.85. The van der Waals surface area contributed by atoms with Crippen molar-refractivity contribution in [3.05, 3.63) is 0 Å². The molecule has 4 heteroatoms. The van der Waals surface area contributed by atoms with Crippen LogP contribution in [0.3, 0.4) is 0 Å². The van der Waals surface area contributed by atoms with Crippen molar-refractivity contribution in [1.82, 2.24) is 0 Å². The SMILES string of the molecule is CC(C)[C@H](O)C(Cl)(Cl)Cl. The molecular formula is C5H9Cl3O. The number of hydrogen-bond donors (Lipinski definition) is 1. The molecule has 0 aromatic heterocycles. The van der Waals surface area contributed by atoms with E-state index >= 15 is 0 Å². The predicted molar refractivity (Wildman–Crippen MR) is 41.1 cm³/mol. The smallest absolute Gasteiger partial charge is 0.216 e. The van der Waals surface area contributed by atoms with E-state index in [4.69, 9.17) is 39.9 Å². The van der Waals surface area contributed by atoms with Gasteiger partial charge < -0.3 is 5.11 Å². The summed E-state index contributed by atoms with van der Waals surface area (Å²) in [6, 6.07) is 0. The molecule has 56 valence electrons. The van der Waals surface area contributed by atoms with Crippen LogP contribution < -0.4 is 0 Å². The van der Waals surface area contributed by atoms with Crippen LogP contribution in [0.15, 0.2) is 0 Å². The zero-order chi connectivity index (χ0) is 7.65. The molecule has 1 atom stereocenters. The Morgan fingerprint density at radius 1 is 1.22 bits per heavy atom. The summed E-state index contributed by atoms with van der Waals surface area (Å²) in [6.07, 6.45) is -0.887. The molecule has 0 rings (SSSR count). The average molecular weight is 191 g/mol. The van der Waals surface area contributed by atoms with Crippen molar-refractivity contribution in [1.29, 1.82) is 0 Å². The molecule has 0 saturated heterocycles. The van der Waals surface area contributed by atoms with Crippen molar-refractivity contribution in [3.8, 4) is 0 Å². The van der Waals surface area contributed by atoms with Crippen LogP contribution >= 0.6 is 34.8 Å². The Morgan fingerprint density at radius 3 is 1.56 bits per heavy atom. The highest BCUT2D eigenvalue weighted by molar-refractivity contribution is 6.68. The third-order valence-corrected chi connectivity index (χ3v) is 1.64. The van der Waals surface area contributed by atoms with Crippen LogP contribution in [0, 0.1) is 5.92 Å². The lowest BCUT2D eigenvalue weighted by Gasteiger charge is -2.21. The van der Waals surface area contributed by atoms with E-state index in [9.17, 15) is 0 Å². The molecule has 1 N–H and O–H groups in total. The molecule has 0 amide bonds. The van der Waals surface area contributed by atoms with Crippen LogP contribution in [0.1, 0.15) is 13.8 Å². The van der Waals surface area contributed by atoms with Gasteiger partial charge in [0.25, 0.3) is 0 Å². The van der Waals surface area contributed by atoms with E-state index in [0.717, 1.165) is 0 Å². The number of rotatable bonds is 1. The molecule has 0 spiro atoms. The fraction of sp³-hybridized carbons (Fsp3) is 1.00. The molecule has 0 aliphatic rings. The topological polar surface area (TPSA) is 20.2 Å². The standard InChI is InChI=1S/C5H9Cl3O/c1-3(2)4(9)5(6,7)8/h3-4,9H,1-2H3/t4-/m0/s1. The van der Waals surface area contributed by atoms with Crippen LogP contribution in [0.5, 0.6) is 0 Å². The maximum Gasteiger partial charge on any atom is 0.216 e. The fourth-order valence-corrected chi connectivity index (χ4v) is 1.13. The van der Waals surface area contributed by atoms with Crippen LogP contribution in [-0.4, -0.2) is 15.0 Å². The molecule has 9 heavy (non-hydrogen) atoms. The fourth-order valence-electron chi connectivity index (χ4n) is 0.378. The minimum absolute atomic E-state index is 0.0301. The molecule has 0 bridgehead atoms. The summed E-state index contributed by atoms with van der Waals surface area (Å²) < 4.78 is -1.55. The van der Waals surface area contributed by atoms with Crippen molar-refractivity contribution >= 4 is 34.8 Å². The Bertz CT molecular complexity index is 86.7.